The third-order valence-electron chi connectivity index (χ3n) is 2.67. The largest absolute Gasteiger partial charge is 0.378 e. The smallest absolute Gasteiger partial charge is 0.182 e. The predicted octanol–water partition coefficient (Wildman–Crippen LogP) is -0.253. The van der Waals surface area contributed by atoms with Gasteiger partial charge in [0, 0.05) is 12.5 Å². The Kier molecular flexibility index (Phi) is 2.77. The number of ketones is 1. The lowest BCUT2D eigenvalue weighted by molar-refractivity contribution is -0.123. The van der Waals surface area contributed by atoms with Crippen LogP contribution in [-0.4, -0.2) is 38.7 Å². The summed E-state index contributed by atoms with van der Waals surface area (Å²) in [6.07, 6.45) is 1.08. The van der Waals surface area contributed by atoms with Crippen LogP contribution >= 0.6 is 0 Å². The zero-order valence-corrected chi connectivity index (χ0v) is 8.88. The Morgan fingerprint density at radius 2 is 2.47 bits per heavy atom. The summed E-state index contributed by atoms with van der Waals surface area (Å²) in [6.45, 7) is 2.60. The van der Waals surface area contributed by atoms with Crippen molar-refractivity contribution in [3.8, 4) is 0 Å². The van der Waals surface area contributed by atoms with E-state index in [-0.39, 0.29) is 24.2 Å². The molecule has 0 radical (unpaired) electrons. The zero-order chi connectivity index (χ0) is 10.8. The summed E-state index contributed by atoms with van der Waals surface area (Å²) in [7, 11) is 1.68. The standard InChI is InChI=1S/C9H14N4O2/c1-6-7(3-4-15-6)8(14)5-9-10-12-13(2)11-9/h6-7H,3-5H2,1-2H3. The van der Waals surface area contributed by atoms with Crippen LogP contribution < -0.4 is 0 Å². The maximum absolute atomic E-state index is 11.8. The molecule has 1 aromatic rings. The lowest BCUT2D eigenvalue weighted by atomic mass is 9.95. The molecule has 2 rings (SSSR count). The second-order valence-electron chi connectivity index (χ2n) is 3.81. The van der Waals surface area contributed by atoms with Crippen molar-refractivity contribution in [2.24, 2.45) is 13.0 Å². The number of aryl methyl sites for hydroxylation is 1. The van der Waals surface area contributed by atoms with E-state index >= 15 is 0 Å². The number of rotatable bonds is 3. The van der Waals surface area contributed by atoms with E-state index in [0.29, 0.717) is 12.4 Å². The van der Waals surface area contributed by atoms with Gasteiger partial charge in [0.1, 0.15) is 5.78 Å². The highest BCUT2D eigenvalue weighted by molar-refractivity contribution is 5.83. The first-order valence-electron chi connectivity index (χ1n) is 5.04. The quantitative estimate of drug-likeness (QED) is 0.687. The third kappa shape index (κ3) is 2.20. The fraction of sp³-hybridized carbons (Fsp3) is 0.778. The normalized spacial score (nSPS) is 25.7. The van der Waals surface area contributed by atoms with Crippen molar-refractivity contribution in [1.29, 1.82) is 0 Å². The molecule has 0 N–H and O–H groups in total. The number of Topliss-reactive ketones (excluding diaryl/α,β-unsaturated/α-hetero) is 1. The average Bonchev–Trinajstić information content (AvgIpc) is 2.75. The first-order chi connectivity index (χ1) is 7.16. The molecular formula is C9H14N4O2. The summed E-state index contributed by atoms with van der Waals surface area (Å²) < 4.78 is 5.35. The monoisotopic (exact) mass is 210 g/mol. The van der Waals surface area contributed by atoms with Crippen molar-refractivity contribution in [2.75, 3.05) is 6.61 Å². The molecule has 1 aromatic heterocycles. The molecule has 15 heavy (non-hydrogen) atoms. The number of carbonyl (C=O) groups excluding carboxylic acids is 1. The highest BCUT2D eigenvalue weighted by Gasteiger charge is 2.31. The maximum atomic E-state index is 11.8. The second kappa shape index (κ2) is 4.06. The van der Waals surface area contributed by atoms with Crippen molar-refractivity contribution >= 4 is 5.78 Å². The minimum Gasteiger partial charge on any atom is -0.378 e. The van der Waals surface area contributed by atoms with Crippen LogP contribution in [0, 0.1) is 5.92 Å². The SMILES string of the molecule is CC1OCCC1C(=O)Cc1nnn(C)n1. The molecule has 0 amide bonds. The summed E-state index contributed by atoms with van der Waals surface area (Å²) in [5.41, 5.74) is 0. The summed E-state index contributed by atoms with van der Waals surface area (Å²) in [5.74, 6) is 0.628. The van der Waals surface area contributed by atoms with E-state index < -0.39 is 0 Å². The highest BCUT2D eigenvalue weighted by Crippen LogP contribution is 2.22. The number of hydrogen-bond donors (Lipinski definition) is 0. The van der Waals surface area contributed by atoms with E-state index in [9.17, 15) is 4.79 Å². The summed E-state index contributed by atoms with van der Waals surface area (Å²) >= 11 is 0. The van der Waals surface area contributed by atoms with E-state index in [4.69, 9.17) is 4.74 Å². The van der Waals surface area contributed by atoms with Crippen LogP contribution in [0.1, 0.15) is 19.2 Å². The van der Waals surface area contributed by atoms with Crippen molar-refractivity contribution < 1.29 is 9.53 Å². The van der Waals surface area contributed by atoms with Gasteiger partial charge in [0.25, 0.3) is 0 Å². The second-order valence-corrected chi connectivity index (χ2v) is 3.81. The molecule has 2 atom stereocenters. The molecule has 0 saturated carbocycles. The van der Waals surface area contributed by atoms with Gasteiger partial charge in [-0.2, -0.15) is 4.80 Å². The molecule has 1 saturated heterocycles. The van der Waals surface area contributed by atoms with E-state index in [0.717, 1.165) is 6.42 Å². The maximum Gasteiger partial charge on any atom is 0.182 e. The number of tetrazole rings is 1. The number of aromatic nitrogens is 4. The van der Waals surface area contributed by atoms with Crippen LogP contribution in [0.4, 0.5) is 0 Å². The van der Waals surface area contributed by atoms with E-state index in [1.165, 1.54) is 4.80 Å². The molecule has 1 fully saturated rings. The van der Waals surface area contributed by atoms with E-state index in [2.05, 4.69) is 15.4 Å². The number of hydrogen-bond acceptors (Lipinski definition) is 5. The summed E-state index contributed by atoms with van der Waals surface area (Å²) in [4.78, 5) is 13.2. The van der Waals surface area contributed by atoms with Gasteiger partial charge in [0.2, 0.25) is 0 Å². The van der Waals surface area contributed by atoms with Gasteiger partial charge in [0.15, 0.2) is 5.82 Å². The Hall–Kier alpha value is -1.30. The van der Waals surface area contributed by atoms with Crippen LogP contribution in [0.2, 0.25) is 0 Å². The highest BCUT2D eigenvalue weighted by atomic mass is 16.5. The lowest BCUT2D eigenvalue weighted by Gasteiger charge is -2.10. The molecule has 6 nitrogen and oxygen atoms in total. The molecule has 6 heteroatoms. The van der Waals surface area contributed by atoms with Gasteiger partial charge in [-0.25, -0.2) is 0 Å². The van der Waals surface area contributed by atoms with Crippen molar-refractivity contribution in [3.63, 3.8) is 0 Å². The van der Waals surface area contributed by atoms with Gasteiger partial charge < -0.3 is 4.74 Å². The van der Waals surface area contributed by atoms with Gasteiger partial charge in [-0.15, -0.1) is 10.2 Å². The molecule has 2 unspecified atom stereocenters. The number of nitrogens with zero attached hydrogens (tertiary/aromatic N) is 4. The molecule has 0 spiro atoms. The van der Waals surface area contributed by atoms with Crippen molar-refractivity contribution in [2.45, 2.75) is 25.9 Å². The number of ether oxygens (including phenoxy) is 1. The van der Waals surface area contributed by atoms with Crippen molar-refractivity contribution in [3.05, 3.63) is 5.82 Å². The topological polar surface area (TPSA) is 69.9 Å². The van der Waals surface area contributed by atoms with Crippen molar-refractivity contribution in [1.82, 2.24) is 20.2 Å². The molecule has 82 valence electrons. The fourth-order valence-corrected chi connectivity index (χ4v) is 1.84. The van der Waals surface area contributed by atoms with E-state index in [1.54, 1.807) is 7.05 Å². The average molecular weight is 210 g/mol. The molecule has 0 aliphatic carbocycles. The van der Waals surface area contributed by atoms with Gasteiger partial charge in [-0.05, 0) is 18.6 Å². The van der Waals surface area contributed by atoms with Gasteiger partial charge in [-0.3, -0.25) is 4.79 Å². The van der Waals surface area contributed by atoms with Crippen LogP contribution in [0.25, 0.3) is 0 Å². The Bertz CT molecular complexity index is 363. The molecule has 1 aliphatic heterocycles. The summed E-state index contributed by atoms with van der Waals surface area (Å²) in [5, 5.41) is 11.5. The zero-order valence-electron chi connectivity index (χ0n) is 8.88. The Morgan fingerprint density at radius 3 is 3.00 bits per heavy atom. The Labute approximate surface area is 87.6 Å². The summed E-state index contributed by atoms with van der Waals surface area (Å²) in [6, 6.07) is 0. The van der Waals surface area contributed by atoms with Crippen LogP contribution in [0.5, 0.6) is 0 Å². The van der Waals surface area contributed by atoms with Gasteiger partial charge in [-0.1, -0.05) is 0 Å². The first kappa shape index (κ1) is 10.2. The minimum absolute atomic E-state index is 0.00574. The molecular weight excluding hydrogens is 196 g/mol. The van der Waals surface area contributed by atoms with Gasteiger partial charge >= 0.3 is 0 Å². The molecule has 1 aliphatic rings. The van der Waals surface area contributed by atoms with Crippen LogP contribution in [-0.2, 0) is 23.0 Å². The minimum atomic E-state index is -0.00574. The first-order valence-corrected chi connectivity index (χ1v) is 5.04. The molecule has 2 heterocycles. The van der Waals surface area contributed by atoms with Crippen LogP contribution in [0.15, 0.2) is 0 Å². The molecule has 0 bridgehead atoms. The Morgan fingerprint density at radius 1 is 1.67 bits per heavy atom. The van der Waals surface area contributed by atoms with E-state index in [1.807, 2.05) is 6.92 Å². The lowest BCUT2D eigenvalue weighted by Crippen LogP contribution is -2.23. The van der Waals surface area contributed by atoms with Crippen LogP contribution in [0.3, 0.4) is 0 Å². The fourth-order valence-electron chi connectivity index (χ4n) is 1.84. The van der Waals surface area contributed by atoms with Gasteiger partial charge in [0.05, 0.1) is 19.6 Å². The molecule has 0 aromatic carbocycles. The predicted molar refractivity (Wildman–Crippen MR) is 51.0 cm³/mol. The Balaban J connectivity index is 1.97. The number of carbonyl (C=O) groups is 1. The third-order valence-corrected chi connectivity index (χ3v) is 2.67.